The summed E-state index contributed by atoms with van der Waals surface area (Å²) in [6.07, 6.45) is 1.53. The van der Waals surface area contributed by atoms with Gasteiger partial charge in [-0.1, -0.05) is 54.6 Å². The first-order chi connectivity index (χ1) is 15.5. The number of hydrogen-bond donors (Lipinski definition) is 2. The van der Waals surface area contributed by atoms with Crippen LogP contribution in [0.3, 0.4) is 0 Å². The SMILES string of the molecule is O=C(CCc1ccc(F)cc1)NCC(NC(=O)CCc1ccc(F)cc1)c1ccccc1. The van der Waals surface area contributed by atoms with E-state index in [-0.39, 0.29) is 48.9 Å². The second-order valence-corrected chi connectivity index (χ2v) is 7.59. The summed E-state index contributed by atoms with van der Waals surface area (Å²) in [5.41, 5.74) is 2.66. The normalized spacial score (nSPS) is 11.6. The van der Waals surface area contributed by atoms with E-state index in [0.717, 1.165) is 16.7 Å². The van der Waals surface area contributed by atoms with E-state index in [1.807, 2.05) is 30.3 Å². The summed E-state index contributed by atoms with van der Waals surface area (Å²) in [5.74, 6) is -0.906. The Hall–Kier alpha value is -3.54. The van der Waals surface area contributed by atoms with Crippen molar-refractivity contribution in [2.75, 3.05) is 6.54 Å². The molecule has 0 radical (unpaired) electrons. The number of rotatable bonds is 10. The highest BCUT2D eigenvalue weighted by Gasteiger charge is 2.16. The highest BCUT2D eigenvalue weighted by atomic mass is 19.1. The zero-order valence-electron chi connectivity index (χ0n) is 17.7. The first-order valence-corrected chi connectivity index (χ1v) is 10.6. The maximum atomic E-state index is 13.0. The molecule has 0 aromatic heterocycles. The van der Waals surface area contributed by atoms with Crippen LogP contribution in [0.25, 0.3) is 0 Å². The lowest BCUT2D eigenvalue weighted by Crippen LogP contribution is -2.38. The molecule has 0 aliphatic rings. The van der Waals surface area contributed by atoms with Crippen LogP contribution in [0.4, 0.5) is 8.78 Å². The van der Waals surface area contributed by atoms with Gasteiger partial charge in [-0.2, -0.15) is 0 Å². The molecule has 0 heterocycles. The number of amides is 2. The lowest BCUT2D eigenvalue weighted by Gasteiger charge is -2.20. The van der Waals surface area contributed by atoms with E-state index in [1.165, 1.54) is 24.3 Å². The summed E-state index contributed by atoms with van der Waals surface area (Å²) in [7, 11) is 0. The standard InChI is InChI=1S/C26H26F2N2O2/c27-22-12-6-19(7-13-22)10-16-25(31)29-18-24(21-4-2-1-3-5-21)30-26(32)17-11-20-8-14-23(28)15-9-20/h1-9,12-15,24H,10-11,16-18H2,(H,29,31)(H,30,32). The summed E-state index contributed by atoms with van der Waals surface area (Å²) in [6, 6.07) is 21.2. The Labute approximate surface area is 186 Å². The molecule has 1 unspecified atom stereocenters. The Balaban J connectivity index is 1.52. The highest BCUT2D eigenvalue weighted by molar-refractivity contribution is 5.78. The number of carbonyl (C=O) groups is 2. The molecule has 2 N–H and O–H groups in total. The van der Waals surface area contributed by atoms with Crippen LogP contribution in [-0.4, -0.2) is 18.4 Å². The molecule has 0 aliphatic carbocycles. The van der Waals surface area contributed by atoms with E-state index in [4.69, 9.17) is 0 Å². The van der Waals surface area contributed by atoms with Crippen molar-refractivity contribution in [1.29, 1.82) is 0 Å². The van der Waals surface area contributed by atoms with Crippen LogP contribution in [0.5, 0.6) is 0 Å². The third-order valence-corrected chi connectivity index (χ3v) is 5.15. The van der Waals surface area contributed by atoms with Gasteiger partial charge in [0.05, 0.1) is 6.04 Å². The van der Waals surface area contributed by atoms with Crippen molar-refractivity contribution in [3.63, 3.8) is 0 Å². The molecule has 3 aromatic rings. The van der Waals surface area contributed by atoms with Crippen molar-refractivity contribution < 1.29 is 18.4 Å². The Morgan fingerprint density at radius 3 is 1.72 bits per heavy atom. The molecule has 0 saturated carbocycles. The topological polar surface area (TPSA) is 58.2 Å². The minimum absolute atomic E-state index is 0.143. The van der Waals surface area contributed by atoms with Gasteiger partial charge in [-0.05, 0) is 53.8 Å². The van der Waals surface area contributed by atoms with Crippen LogP contribution in [0.2, 0.25) is 0 Å². The maximum Gasteiger partial charge on any atom is 0.220 e. The molecular weight excluding hydrogens is 410 g/mol. The molecule has 3 rings (SSSR count). The summed E-state index contributed by atoms with van der Waals surface area (Å²) in [4.78, 5) is 24.8. The van der Waals surface area contributed by atoms with E-state index in [9.17, 15) is 18.4 Å². The minimum Gasteiger partial charge on any atom is -0.354 e. The summed E-state index contributed by atoms with van der Waals surface area (Å²) < 4.78 is 26.0. The van der Waals surface area contributed by atoms with E-state index in [2.05, 4.69) is 10.6 Å². The zero-order chi connectivity index (χ0) is 22.8. The third-order valence-electron chi connectivity index (χ3n) is 5.15. The van der Waals surface area contributed by atoms with E-state index >= 15 is 0 Å². The molecule has 2 amide bonds. The minimum atomic E-state index is -0.369. The van der Waals surface area contributed by atoms with Crippen LogP contribution in [-0.2, 0) is 22.4 Å². The second kappa shape index (κ2) is 11.7. The molecule has 3 aromatic carbocycles. The molecule has 0 saturated heterocycles. The van der Waals surface area contributed by atoms with E-state index in [1.54, 1.807) is 24.3 Å². The second-order valence-electron chi connectivity index (χ2n) is 7.59. The van der Waals surface area contributed by atoms with Gasteiger partial charge in [-0.25, -0.2) is 8.78 Å². The van der Waals surface area contributed by atoms with Crippen molar-refractivity contribution in [1.82, 2.24) is 10.6 Å². The average Bonchev–Trinajstić information content (AvgIpc) is 2.81. The van der Waals surface area contributed by atoms with Crippen molar-refractivity contribution in [2.45, 2.75) is 31.7 Å². The fourth-order valence-electron chi connectivity index (χ4n) is 3.33. The largest absolute Gasteiger partial charge is 0.354 e. The first kappa shape index (κ1) is 23.1. The fraction of sp³-hybridized carbons (Fsp3) is 0.231. The molecule has 1 atom stereocenters. The number of aryl methyl sites for hydroxylation is 2. The quantitative estimate of drug-likeness (QED) is 0.492. The lowest BCUT2D eigenvalue weighted by molar-refractivity contribution is -0.123. The molecule has 0 fully saturated rings. The molecule has 0 bridgehead atoms. The van der Waals surface area contributed by atoms with Crippen LogP contribution in [0.1, 0.15) is 35.6 Å². The summed E-state index contributed by atoms with van der Waals surface area (Å²) in [6.45, 7) is 0.258. The lowest BCUT2D eigenvalue weighted by atomic mass is 10.1. The summed E-state index contributed by atoms with van der Waals surface area (Å²) >= 11 is 0. The Morgan fingerprint density at radius 1 is 0.688 bits per heavy atom. The van der Waals surface area contributed by atoms with E-state index in [0.29, 0.717) is 12.8 Å². The Morgan fingerprint density at radius 2 is 1.19 bits per heavy atom. The van der Waals surface area contributed by atoms with Crippen molar-refractivity contribution in [3.8, 4) is 0 Å². The van der Waals surface area contributed by atoms with Crippen molar-refractivity contribution in [2.24, 2.45) is 0 Å². The van der Waals surface area contributed by atoms with Crippen molar-refractivity contribution in [3.05, 3.63) is 107 Å². The predicted molar refractivity (Wildman–Crippen MR) is 120 cm³/mol. The number of hydrogen-bond acceptors (Lipinski definition) is 2. The number of nitrogens with one attached hydrogen (secondary N) is 2. The van der Waals surface area contributed by atoms with Crippen molar-refractivity contribution >= 4 is 11.8 Å². The van der Waals surface area contributed by atoms with Gasteiger partial charge in [-0.15, -0.1) is 0 Å². The molecule has 6 heteroatoms. The van der Waals surface area contributed by atoms with Gasteiger partial charge < -0.3 is 10.6 Å². The number of benzene rings is 3. The Bertz CT molecular complexity index is 1010. The molecule has 4 nitrogen and oxygen atoms in total. The number of carbonyl (C=O) groups excluding carboxylic acids is 2. The Kier molecular flexibility index (Phi) is 8.49. The predicted octanol–water partition coefficient (Wildman–Crippen LogP) is 4.50. The zero-order valence-corrected chi connectivity index (χ0v) is 17.7. The first-order valence-electron chi connectivity index (χ1n) is 10.6. The van der Waals surface area contributed by atoms with Crippen LogP contribution in [0, 0.1) is 11.6 Å². The molecule has 166 valence electrons. The van der Waals surface area contributed by atoms with Gasteiger partial charge in [-0.3, -0.25) is 9.59 Å². The molecule has 32 heavy (non-hydrogen) atoms. The number of halogens is 2. The average molecular weight is 437 g/mol. The van der Waals surface area contributed by atoms with Gasteiger partial charge in [0.15, 0.2) is 0 Å². The molecular formula is C26H26F2N2O2. The third kappa shape index (κ3) is 7.61. The molecule has 0 aliphatic heterocycles. The highest BCUT2D eigenvalue weighted by Crippen LogP contribution is 2.13. The summed E-state index contributed by atoms with van der Waals surface area (Å²) in [5, 5.41) is 5.86. The smallest absolute Gasteiger partial charge is 0.220 e. The van der Waals surface area contributed by atoms with Crippen LogP contribution >= 0.6 is 0 Å². The van der Waals surface area contributed by atoms with Gasteiger partial charge in [0.1, 0.15) is 11.6 Å². The van der Waals surface area contributed by atoms with Crippen LogP contribution in [0.15, 0.2) is 78.9 Å². The van der Waals surface area contributed by atoms with Gasteiger partial charge in [0.2, 0.25) is 11.8 Å². The van der Waals surface area contributed by atoms with E-state index < -0.39 is 0 Å². The van der Waals surface area contributed by atoms with Gasteiger partial charge >= 0.3 is 0 Å². The molecule has 0 spiro atoms. The maximum absolute atomic E-state index is 13.0. The van der Waals surface area contributed by atoms with Gasteiger partial charge in [0, 0.05) is 19.4 Å². The monoisotopic (exact) mass is 436 g/mol. The van der Waals surface area contributed by atoms with Crippen LogP contribution < -0.4 is 10.6 Å². The fourth-order valence-corrected chi connectivity index (χ4v) is 3.33. The van der Waals surface area contributed by atoms with Gasteiger partial charge in [0.25, 0.3) is 0 Å².